The second-order valence-corrected chi connectivity index (χ2v) is 2.86. The second-order valence-electron chi connectivity index (χ2n) is 2.86. The monoisotopic (exact) mass is 185 g/mol. The number of ether oxygens (including phenoxy) is 2. The van der Waals surface area contributed by atoms with Crippen LogP contribution in [0.1, 0.15) is 13.8 Å². The van der Waals surface area contributed by atoms with Crippen molar-refractivity contribution in [2.45, 2.75) is 26.0 Å². The summed E-state index contributed by atoms with van der Waals surface area (Å²) in [5.74, 6) is -0.125. The van der Waals surface area contributed by atoms with Crippen molar-refractivity contribution in [3.05, 3.63) is 12.3 Å². The first-order valence-corrected chi connectivity index (χ1v) is 3.85. The smallest absolute Gasteiger partial charge is 0.415 e. The normalized spacial score (nSPS) is 23.4. The SMILES string of the molecule is C=C(C)OC(C)C1NC(=O)OC1=O. The van der Waals surface area contributed by atoms with Gasteiger partial charge in [-0.25, -0.2) is 9.59 Å². The fraction of sp³-hybridized carbons (Fsp3) is 0.500. The average molecular weight is 185 g/mol. The molecular weight excluding hydrogens is 174 g/mol. The van der Waals surface area contributed by atoms with Gasteiger partial charge in [0.15, 0.2) is 6.04 Å². The minimum Gasteiger partial charge on any atom is -0.493 e. The van der Waals surface area contributed by atoms with Gasteiger partial charge < -0.3 is 14.8 Å². The molecule has 0 spiro atoms. The Morgan fingerprint density at radius 1 is 1.69 bits per heavy atom. The molecule has 1 heterocycles. The van der Waals surface area contributed by atoms with Crippen LogP contribution in [0.5, 0.6) is 0 Å². The van der Waals surface area contributed by atoms with E-state index in [1.165, 1.54) is 0 Å². The average Bonchev–Trinajstić information content (AvgIpc) is 2.28. The lowest BCUT2D eigenvalue weighted by molar-refractivity contribution is -0.137. The van der Waals surface area contributed by atoms with Crippen molar-refractivity contribution in [1.29, 1.82) is 0 Å². The van der Waals surface area contributed by atoms with Crippen LogP contribution in [0.4, 0.5) is 4.79 Å². The number of rotatable bonds is 3. The molecule has 1 N–H and O–H groups in total. The van der Waals surface area contributed by atoms with Gasteiger partial charge in [0.05, 0.1) is 5.76 Å². The molecule has 1 amide bonds. The summed E-state index contributed by atoms with van der Waals surface area (Å²) >= 11 is 0. The van der Waals surface area contributed by atoms with Crippen molar-refractivity contribution in [3.63, 3.8) is 0 Å². The van der Waals surface area contributed by atoms with Crippen LogP contribution in [0.2, 0.25) is 0 Å². The van der Waals surface area contributed by atoms with E-state index in [-0.39, 0.29) is 0 Å². The maximum atomic E-state index is 11.0. The number of cyclic esters (lactones) is 2. The van der Waals surface area contributed by atoms with Crippen LogP contribution in [0, 0.1) is 0 Å². The molecule has 1 aliphatic heterocycles. The number of amides is 1. The summed E-state index contributed by atoms with van der Waals surface area (Å²) in [7, 11) is 0. The molecule has 1 rings (SSSR count). The molecule has 0 saturated carbocycles. The van der Waals surface area contributed by atoms with E-state index >= 15 is 0 Å². The lowest BCUT2D eigenvalue weighted by Crippen LogP contribution is -2.39. The lowest BCUT2D eigenvalue weighted by atomic mass is 10.2. The number of hydrogen-bond donors (Lipinski definition) is 1. The van der Waals surface area contributed by atoms with Crippen molar-refractivity contribution in [2.24, 2.45) is 0 Å². The highest BCUT2D eigenvalue weighted by molar-refractivity contribution is 5.95. The Balaban J connectivity index is 2.56. The van der Waals surface area contributed by atoms with E-state index in [0.29, 0.717) is 5.76 Å². The van der Waals surface area contributed by atoms with Gasteiger partial charge in [0, 0.05) is 0 Å². The summed E-state index contributed by atoms with van der Waals surface area (Å²) in [5, 5.41) is 2.33. The Labute approximate surface area is 75.7 Å². The first-order valence-electron chi connectivity index (χ1n) is 3.85. The topological polar surface area (TPSA) is 64.6 Å². The van der Waals surface area contributed by atoms with Crippen LogP contribution >= 0.6 is 0 Å². The van der Waals surface area contributed by atoms with E-state index < -0.39 is 24.2 Å². The highest BCUT2D eigenvalue weighted by Crippen LogP contribution is 2.10. The first-order chi connectivity index (χ1) is 6.00. The molecule has 5 nitrogen and oxygen atoms in total. The molecule has 0 bridgehead atoms. The molecule has 13 heavy (non-hydrogen) atoms. The van der Waals surface area contributed by atoms with Crippen LogP contribution in [-0.4, -0.2) is 24.2 Å². The standard InChI is InChI=1S/C8H11NO4/c1-4(2)12-5(3)6-7(10)13-8(11)9-6/h5-6H,1H2,2-3H3,(H,9,11). The first kappa shape index (κ1) is 9.57. The van der Waals surface area contributed by atoms with Crippen LogP contribution in [0.25, 0.3) is 0 Å². The highest BCUT2D eigenvalue weighted by atomic mass is 16.6. The van der Waals surface area contributed by atoms with Crippen molar-refractivity contribution >= 4 is 12.1 Å². The Kier molecular flexibility index (Phi) is 2.55. The Hall–Kier alpha value is -1.52. The van der Waals surface area contributed by atoms with Crippen molar-refractivity contribution in [2.75, 3.05) is 0 Å². The fourth-order valence-electron chi connectivity index (χ4n) is 1.06. The second kappa shape index (κ2) is 3.47. The number of allylic oxidation sites excluding steroid dienone is 1. The Morgan fingerprint density at radius 3 is 2.69 bits per heavy atom. The summed E-state index contributed by atoms with van der Waals surface area (Å²) < 4.78 is 9.42. The molecular formula is C8H11NO4. The minimum atomic E-state index is -0.732. The number of hydrogen-bond acceptors (Lipinski definition) is 4. The molecule has 1 aliphatic rings. The van der Waals surface area contributed by atoms with Crippen molar-refractivity contribution in [1.82, 2.24) is 5.32 Å². The molecule has 1 saturated heterocycles. The summed E-state index contributed by atoms with van der Waals surface area (Å²) in [5.41, 5.74) is 0. The summed E-state index contributed by atoms with van der Waals surface area (Å²) in [6.45, 7) is 6.85. The summed E-state index contributed by atoms with van der Waals surface area (Å²) in [6.07, 6.45) is -1.19. The number of esters is 1. The van der Waals surface area contributed by atoms with Crippen LogP contribution in [-0.2, 0) is 14.3 Å². The zero-order chi connectivity index (χ0) is 10.0. The molecule has 0 aliphatic carbocycles. The maximum Gasteiger partial charge on any atom is 0.415 e. The van der Waals surface area contributed by atoms with Crippen molar-refractivity contribution < 1.29 is 19.1 Å². The lowest BCUT2D eigenvalue weighted by Gasteiger charge is -2.17. The van der Waals surface area contributed by atoms with E-state index in [4.69, 9.17) is 4.74 Å². The largest absolute Gasteiger partial charge is 0.493 e. The zero-order valence-corrected chi connectivity index (χ0v) is 7.49. The molecule has 0 aromatic heterocycles. The van der Waals surface area contributed by atoms with Gasteiger partial charge in [-0.2, -0.15) is 0 Å². The quantitative estimate of drug-likeness (QED) is 0.396. The van der Waals surface area contributed by atoms with Gasteiger partial charge in [-0.15, -0.1) is 0 Å². The molecule has 0 aromatic carbocycles. The summed E-state index contributed by atoms with van der Waals surface area (Å²) in [6, 6.07) is -0.732. The molecule has 5 heteroatoms. The van der Waals surface area contributed by atoms with Gasteiger partial charge in [0.1, 0.15) is 6.10 Å². The predicted molar refractivity (Wildman–Crippen MR) is 43.8 cm³/mol. The van der Waals surface area contributed by atoms with Gasteiger partial charge in [-0.1, -0.05) is 6.58 Å². The Bertz CT molecular complexity index is 261. The van der Waals surface area contributed by atoms with Crippen molar-refractivity contribution in [3.8, 4) is 0 Å². The van der Waals surface area contributed by atoms with E-state index in [9.17, 15) is 9.59 Å². The van der Waals surface area contributed by atoms with Gasteiger partial charge in [-0.05, 0) is 13.8 Å². The third kappa shape index (κ3) is 2.21. The number of carbonyl (C=O) groups is 2. The van der Waals surface area contributed by atoms with E-state index in [1.807, 2.05) is 0 Å². The number of alkyl carbamates (subject to hydrolysis) is 1. The molecule has 0 radical (unpaired) electrons. The number of carbonyl (C=O) groups excluding carboxylic acids is 2. The molecule has 2 atom stereocenters. The van der Waals surface area contributed by atoms with Gasteiger partial charge in [-0.3, -0.25) is 0 Å². The van der Waals surface area contributed by atoms with Crippen LogP contribution in [0.15, 0.2) is 12.3 Å². The van der Waals surface area contributed by atoms with Crippen LogP contribution in [0.3, 0.4) is 0 Å². The molecule has 0 aromatic rings. The highest BCUT2D eigenvalue weighted by Gasteiger charge is 2.37. The maximum absolute atomic E-state index is 11.0. The van der Waals surface area contributed by atoms with E-state index in [0.717, 1.165) is 0 Å². The van der Waals surface area contributed by atoms with Gasteiger partial charge >= 0.3 is 12.1 Å². The molecule has 2 unspecified atom stereocenters. The third-order valence-electron chi connectivity index (χ3n) is 1.58. The van der Waals surface area contributed by atoms with E-state index in [1.54, 1.807) is 13.8 Å². The fourth-order valence-corrected chi connectivity index (χ4v) is 1.06. The van der Waals surface area contributed by atoms with Crippen LogP contribution < -0.4 is 5.32 Å². The molecule has 72 valence electrons. The van der Waals surface area contributed by atoms with Gasteiger partial charge in [0.25, 0.3) is 0 Å². The zero-order valence-electron chi connectivity index (χ0n) is 7.49. The minimum absolute atomic E-state index is 0.462. The van der Waals surface area contributed by atoms with E-state index in [2.05, 4.69) is 16.6 Å². The predicted octanol–water partition coefficient (Wildman–Crippen LogP) is 0.560. The third-order valence-corrected chi connectivity index (χ3v) is 1.58. The molecule has 1 fully saturated rings. The Morgan fingerprint density at radius 2 is 2.31 bits per heavy atom. The number of nitrogens with one attached hydrogen (secondary N) is 1. The van der Waals surface area contributed by atoms with Gasteiger partial charge in [0.2, 0.25) is 0 Å². The summed E-state index contributed by atoms with van der Waals surface area (Å²) in [4.78, 5) is 21.6.